The molecule has 3 nitrogen and oxygen atoms in total. The van der Waals surface area contributed by atoms with Gasteiger partial charge in [-0.1, -0.05) is 12.8 Å². The summed E-state index contributed by atoms with van der Waals surface area (Å²) >= 11 is 0. The highest BCUT2D eigenvalue weighted by Crippen LogP contribution is 2.43. The fourth-order valence-corrected chi connectivity index (χ4v) is 3.89. The molecule has 0 aromatic carbocycles. The second kappa shape index (κ2) is 6.49. The van der Waals surface area contributed by atoms with Gasteiger partial charge in [0, 0.05) is 35.4 Å². The summed E-state index contributed by atoms with van der Waals surface area (Å²) in [5, 5.41) is 3.53. The SMILES string of the molecule is CC(CCS(C)=O)NCC1CCC2(CCCC2)O1. The second-order valence-corrected chi connectivity index (χ2v) is 7.60. The molecule has 0 aromatic heterocycles. The Labute approximate surface area is 114 Å². The number of hydrogen-bond acceptors (Lipinski definition) is 3. The van der Waals surface area contributed by atoms with Crippen LogP contribution in [-0.4, -0.2) is 40.5 Å². The Morgan fingerprint density at radius 2 is 2.11 bits per heavy atom. The Morgan fingerprint density at radius 1 is 1.39 bits per heavy atom. The van der Waals surface area contributed by atoms with Gasteiger partial charge in [0.2, 0.25) is 0 Å². The average Bonchev–Trinajstić information content (AvgIpc) is 2.95. The summed E-state index contributed by atoms with van der Waals surface area (Å²) in [5.74, 6) is 0.795. The zero-order valence-corrected chi connectivity index (χ0v) is 12.6. The van der Waals surface area contributed by atoms with Crippen LogP contribution in [-0.2, 0) is 15.5 Å². The summed E-state index contributed by atoms with van der Waals surface area (Å²) in [6.45, 7) is 3.13. The molecule has 1 N–H and O–H groups in total. The molecular formula is C14H27NO2S. The van der Waals surface area contributed by atoms with Gasteiger partial charge in [-0.15, -0.1) is 0 Å². The molecule has 1 aliphatic heterocycles. The average molecular weight is 273 g/mol. The molecule has 0 amide bonds. The van der Waals surface area contributed by atoms with Crippen LogP contribution in [0.1, 0.15) is 51.9 Å². The van der Waals surface area contributed by atoms with Gasteiger partial charge >= 0.3 is 0 Å². The lowest BCUT2D eigenvalue weighted by atomic mass is 9.98. The van der Waals surface area contributed by atoms with E-state index in [0.717, 1.165) is 18.7 Å². The van der Waals surface area contributed by atoms with Crippen molar-refractivity contribution in [1.29, 1.82) is 0 Å². The lowest BCUT2D eigenvalue weighted by Gasteiger charge is -2.24. The molecule has 0 bridgehead atoms. The van der Waals surface area contributed by atoms with E-state index in [1.54, 1.807) is 6.26 Å². The van der Waals surface area contributed by atoms with Crippen molar-refractivity contribution in [1.82, 2.24) is 5.32 Å². The number of rotatable bonds is 6. The van der Waals surface area contributed by atoms with Gasteiger partial charge in [-0.3, -0.25) is 4.21 Å². The number of hydrogen-bond donors (Lipinski definition) is 1. The van der Waals surface area contributed by atoms with Gasteiger partial charge < -0.3 is 10.1 Å². The van der Waals surface area contributed by atoms with Crippen molar-refractivity contribution in [3.8, 4) is 0 Å². The maximum absolute atomic E-state index is 11.0. The molecule has 2 fully saturated rings. The molecule has 1 saturated heterocycles. The molecule has 2 aliphatic rings. The molecular weight excluding hydrogens is 246 g/mol. The molecule has 1 heterocycles. The van der Waals surface area contributed by atoms with Gasteiger partial charge in [-0.25, -0.2) is 0 Å². The minimum atomic E-state index is -0.670. The molecule has 4 heteroatoms. The van der Waals surface area contributed by atoms with Crippen molar-refractivity contribution < 1.29 is 8.95 Å². The standard InChI is InChI=1S/C14H27NO2S/c1-12(6-10-18(2)16)15-11-13-5-9-14(17-13)7-3-4-8-14/h12-13,15H,3-11H2,1-2H3. The molecule has 0 radical (unpaired) electrons. The van der Waals surface area contributed by atoms with Gasteiger partial charge in [0.15, 0.2) is 0 Å². The van der Waals surface area contributed by atoms with Crippen LogP contribution in [0, 0.1) is 0 Å². The van der Waals surface area contributed by atoms with Crippen LogP contribution in [0.15, 0.2) is 0 Å². The molecule has 106 valence electrons. The summed E-state index contributed by atoms with van der Waals surface area (Å²) in [7, 11) is -0.670. The summed E-state index contributed by atoms with van der Waals surface area (Å²) < 4.78 is 17.3. The Hall–Kier alpha value is 0.0700. The molecule has 3 unspecified atom stereocenters. The molecule has 3 atom stereocenters. The second-order valence-electron chi connectivity index (χ2n) is 6.04. The molecule has 18 heavy (non-hydrogen) atoms. The Kier molecular flexibility index (Phi) is 5.22. The van der Waals surface area contributed by atoms with Crippen molar-refractivity contribution in [2.24, 2.45) is 0 Å². The van der Waals surface area contributed by atoms with E-state index in [0.29, 0.717) is 12.1 Å². The Balaban J connectivity index is 1.64. The smallest absolute Gasteiger partial charge is 0.0708 e. The first kappa shape index (κ1) is 14.5. The minimum Gasteiger partial charge on any atom is -0.370 e. The van der Waals surface area contributed by atoms with Crippen LogP contribution in [0.5, 0.6) is 0 Å². The Morgan fingerprint density at radius 3 is 2.78 bits per heavy atom. The first-order chi connectivity index (χ1) is 8.60. The molecule has 2 rings (SSSR count). The van der Waals surface area contributed by atoms with E-state index in [2.05, 4.69) is 12.2 Å². The quantitative estimate of drug-likeness (QED) is 0.806. The zero-order valence-electron chi connectivity index (χ0n) is 11.7. The number of nitrogens with one attached hydrogen (secondary N) is 1. The molecule has 1 aliphatic carbocycles. The van der Waals surface area contributed by atoms with E-state index >= 15 is 0 Å². The highest BCUT2D eigenvalue weighted by Gasteiger charge is 2.41. The van der Waals surface area contributed by atoms with E-state index in [-0.39, 0.29) is 5.60 Å². The van der Waals surface area contributed by atoms with E-state index in [9.17, 15) is 4.21 Å². The van der Waals surface area contributed by atoms with Gasteiger partial charge in [-0.2, -0.15) is 0 Å². The van der Waals surface area contributed by atoms with Crippen molar-refractivity contribution in [3.63, 3.8) is 0 Å². The van der Waals surface area contributed by atoms with E-state index in [1.807, 2.05) is 0 Å². The third kappa shape index (κ3) is 4.04. The third-order valence-electron chi connectivity index (χ3n) is 4.39. The molecule has 1 saturated carbocycles. The maximum atomic E-state index is 11.0. The van der Waals surface area contributed by atoms with E-state index in [4.69, 9.17) is 4.74 Å². The largest absolute Gasteiger partial charge is 0.370 e. The van der Waals surface area contributed by atoms with E-state index < -0.39 is 10.8 Å². The first-order valence-electron chi connectivity index (χ1n) is 7.31. The predicted octanol–water partition coefficient (Wildman–Crippen LogP) is 2.22. The van der Waals surface area contributed by atoms with Gasteiger partial charge in [0.05, 0.1) is 11.7 Å². The molecule has 1 spiro atoms. The number of ether oxygens (including phenoxy) is 1. The van der Waals surface area contributed by atoms with Crippen LogP contribution in [0.4, 0.5) is 0 Å². The fraction of sp³-hybridized carbons (Fsp3) is 1.00. The van der Waals surface area contributed by atoms with Crippen LogP contribution in [0.25, 0.3) is 0 Å². The normalized spacial score (nSPS) is 29.8. The summed E-state index contributed by atoms with van der Waals surface area (Å²) in [5.41, 5.74) is 0.250. The van der Waals surface area contributed by atoms with Crippen LogP contribution in [0.2, 0.25) is 0 Å². The first-order valence-corrected chi connectivity index (χ1v) is 9.04. The third-order valence-corrected chi connectivity index (χ3v) is 5.20. The highest BCUT2D eigenvalue weighted by atomic mass is 32.2. The fourth-order valence-electron chi connectivity index (χ4n) is 3.20. The van der Waals surface area contributed by atoms with Crippen LogP contribution >= 0.6 is 0 Å². The molecule has 0 aromatic rings. The summed E-state index contributed by atoms with van der Waals surface area (Å²) in [6, 6.07) is 0.442. The van der Waals surface area contributed by atoms with Crippen molar-refractivity contribution in [2.75, 3.05) is 18.6 Å². The van der Waals surface area contributed by atoms with E-state index in [1.165, 1.54) is 38.5 Å². The lowest BCUT2D eigenvalue weighted by molar-refractivity contribution is -0.0357. The zero-order chi connectivity index (χ0) is 13.0. The lowest BCUT2D eigenvalue weighted by Crippen LogP contribution is -2.36. The van der Waals surface area contributed by atoms with Crippen LogP contribution < -0.4 is 5.32 Å². The maximum Gasteiger partial charge on any atom is 0.0708 e. The topological polar surface area (TPSA) is 38.3 Å². The van der Waals surface area contributed by atoms with Gasteiger partial charge in [0.25, 0.3) is 0 Å². The summed E-state index contributed by atoms with van der Waals surface area (Å²) in [6.07, 6.45) is 10.9. The highest BCUT2D eigenvalue weighted by molar-refractivity contribution is 7.84. The monoisotopic (exact) mass is 273 g/mol. The van der Waals surface area contributed by atoms with Gasteiger partial charge in [0.1, 0.15) is 0 Å². The summed E-state index contributed by atoms with van der Waals surface area (Å²) in [4.78, 5) is 0. The van der Waals surface area contributed by atoms with Crippen molar-refractivity contribution in [3.05, 3.63) is 0 Å². The van der Waals surface area contributed by atoms with Crippen molar-refractivity contribution >= 4 is 10.8 Å². The predicted molar refractivity (Wildman–Crippen MR) is 76.3 cm³/mol. The van der Waals surface area contributed by atoms with Crippen molar-refractivity contribution in [2.45, 2.75) is 69.6 Å². The minimum absolute atomic E-state index is 0.250. The Bertz CT molecular complexity index is 290. The van der Waals surface area contributed by atoms with Gasteiger partial charge in [-0.05, 0) is 39.0 Å². The van der Waals surface area contributed by atoms with Crippen LogP contribution in [0.3, 0.4) is 0 Å².